The van der Waals surface area contributed by atoms with Crippen molar-refractivity contribution in [1.29, 1.82) is 0 Å². The summed E-state index contributed by atoms with van der Waals surface area (Å²) in [5.74, 6) is -0.151. The normalized spacial score (nSPS) is 10.9. The third-order valence-corrected chi connectivity index (χ3v) is 4.48. The van der Waals surface area contributed by atoms with Gasteiger partial charge >= 0.3 is 0 Å². The van der Waals surface area contributed by atoms with E-state index in [0.29, 0.717) is 22.5 Å². The van der Waals surface area contributed by atoms with Crippen LogP contribution in [0, 0.1) is 0 Å². The molecular weight excluding hydrogens is 334 g/mol. The summed E-state index contributed by atoms with van der Waals surface area (Å²) in [6, 6.07) is 6.91. The molecule has 5 nitrogen and oxygen atoms in total. The van der Waals surface area contributed by atoms with Crippen LogP contribution < -0.4 is 5.56 Å². The van der Waals surface area contributed by atoms with Crippen LogP contribution in [0.1, 0.15) is 5.56 Å². The fraction of sp³-hybridized carbons (Fsp3) is 0.188. The van der Waals surface area contributed by atoms with E-state index in [0.717, 1.165) is 5.56 Å². The van der Waals surface area contributed by atoms with E-state index in [1.807, 2.05) is 16.8 Å². The van der Waals surface area contributed by atoms with E-state index in [1.54, 1.807) is 41.5 Å². The van der Waals surface area contributed by atoms with Crippen LogP contribution in [-0.2, 0) is 17.9 Å². The van der Waals surface area contributed by atoms with Gasteiger partial charge < -0.3 is 4.90 Å². The molecule has 3 rings (SSSR count). The van der Waals surface area contributed by atoms with Crippen molar-refractivity contribution in [1.82, 2.24) is 14.5 Å². The number of aromatic nitrogens is 2. The maximum Gasteiger partial charge on any atom is 0.261 e. The van der Waals surface area contributed by atoms with Gasteiger partial charge in [-0.2, -0.15) is 11.3 Å². The van der Waals surface area contributed by atoms with E-state index >= 15 is 0 Å². The summed E-state index contributed by atoms with van der Waals surface area (Å²) in [7, 11) is 1.72. The molecule has 1 aromatic carbocycles. The smallest absolute Gasteiger partial charge is 0.261 e. The molecule has 118 valence electrons. The quantitative estimate of drug-likeness (QED) is 0.729. The number of thiophene rings is 1. The Labute approximate surface area is 141 Å². The van der Waals surface area contributed by atoms with E-state index in [1.165, 1.54) is 10.9 Å². The highest BCUT2D eigenvalue weighted by Gasteiger charge is 2.13. The minimum atomic E-state index is -0.269. The average Bonchev–Trinajstić information content (AvgIpc) is 3.03. The van der Waals surface area contributed by atoms with Gasteiger partial charge in [0.1, 0.15) is 6.54 Å². The number of fused-ring (bicyclic) bond motifs is 1. The first-order valence-corrected chi connectivity index (χ1v) is 8.26. The monoisotopic (exact) mass is 347 g/mol. The van der Waals surface area contributed by atoms with Crippen LogP contribution in [0.3, 0.4) is 0 Å². The Morgan fingerprint density at radius 1 is 1.39 bits per heavy atom. The van der Waals surface area contributed by atoms with Crippen LogP contribution in [0.4, 0.5) is 0 Å². The van der Waals surface area contributed by atoms with Crippen molar-refractivity contribution in [3.05, 3.63) is 62.3 Å². The molecule has 1 amide bonds. The van der Waals surface area contributed by atoms with Gasteiger partial charge in [0.05, 0.1) is 17.2 Å². The molecule has 0 bridgehead atoms. The molecule has 0 spiro atoms. The van der Waals surface area contributed by atoms with Gasteiger partial charge in [-0.3, -0.25) is 14.2 Å². The molecule has 0 fully saturated rings. The van der Waals surface area contributed by atoms with E-state index in [4.69, 9.17) is 11.6 Å². The van der Waals surface area contributed by atoms with Crippen molar-refractivity contribution in [2.24, 2.45) is 0 Å². The Morgan fingerprint density at radius 2 is 2.22 bits per heavy atom. The Hall–Kier alpha value is -2.18. The van der Waals surface area contributed by atoms with Gasteiger partial charge in [0.15, 0.2) is 0 Å². The molecule has 0 aliphatic rings. The Bertz CT molecular complexity index is 905. The van der Waals surface area contributed by atoms with Crippen LogP contribution in [0.25, 0.3) is 10.9 Å². The molecule has 0 N–H and O–H groups in total. The molecule has 23 heavy (non-hydrogen) atoms. The van der Waals surface area contributed by atoms with Crippen molar-refractivity contribution >= 4 is 39.7 Å². The van der Waals surface area contributed by atoms with Crippen molar-refractivity contribution in [3.8, 4) is 0 Å². The summed E-state index contributed by atoms with van der Waals surface area (Å²) in [5, 5.41) is 4.84. The molecule has 0 saturated carbocycles. The molecule has 3 aromatic rings. The van der Waals surface area contributed by atoms with Gasteiger partial charge in [-0.05, 0) is 40.6 Å². The second kappa shape index (κ2) is 6.52. The molecule has 0 atom stereocenters. The summed E-state index contributed by atoms with van der Waals surface area (Å²) in [6.45, 7) is 0.471. The molecule has 0 unspecified atom stereocenters. The first-order valence-electron chi connectivity index (χ1n) is 6.94. The molecule has 0 saturated heterocycles. The zero-order chi connectivity index (χ0) is 16.4. The van der Waals surface area contributed by atoms with Crippen molar-refractivity contribution in [2.75, 3.05) is 7.05 Å². The number of carbonyl (C=O) groups is 1. The molecule has 2 aromatic heterocycles. The number of likely N-dealkylation sites (N-methyl/N-ethyl adjacent to an activating group) is 1. The standard InChI is InChI=1S/C16H14ClN3O2S/c1-19(7-11-4-5-23-9-11)15(21)8-20-10-18-14-3-2-12(17)6-13(14)16(20)22/h2-6,9-10H,7-8H2,1H3. The zero-order valence-electron chi connectivity index (χ0n) is 12.4. The van der Waals surface area contributed by atoms with Gasteiger partial charge in [-0.1, -0.05) is 11.6 Å². The van der Waals surface area contributed by atoms with Crippen molar-refractivity contribution in [2.45, 2.75) is 13.1 Å². The van der Waals surface area contributed by atoms with Gasteiger partial charge in [-0.25, -0.2) is 4.98 Å². The maximum atomic E-state index is 12.5. The van der Waals surface area contributed by atoms with Crippen molar-refractivity contribution in [3.63, 3.8) is 0 Å². The minimum Gasteiger partial charge on any atom is -0.340 e. The summed E-state index contributed by atoms with van der Waals surface area (Å²) in [5.41, 5.74) is 1.37. The predicted molar refractivity (Wildman–Crippen MR) is 91.8 cm³/mol. The number of halogens is 1. The second-order valence-electron chi connectivity index (χ2n) is 5.22. The third-order valence-electron chi connectivity index (χ3n) is 3.52. The lowest BCUT2D eigenvalue weighted by Crippen LogP contribution is -2.33. The van der Waals surface area contributed by atoms with Crippen LogP contribution in [-0.4, -0.2) is 27.4 Å². The number of benzene rings is 1. The lowest BCUT2D eigenvalue weighted by molar-refractivity contribution is -0.131. The van der Waals surface area contributed by atoms with E-state index < -0.39 is 0 Å². The number of rotatable bonds is 4. The van der Waals surface area contributed by atoms with Crippen LogP contribution in [0.5, 0.6) is 0 Å². The third kappa shape index (κ3) is 3.43. The maximum absolute atomic E-state index is 12.5. The minimum absolute atomic E-state index is 0.0467. The van der Waals surface area contributed by atoms with Gasteiger partial charge in [-0.15, -0.1) is 0 Å². The fourth-order valence-electron chi connectivity index (χ4n) is 2.25. The van der Waals surface area contributed by atoms with Crippen LogP contribution in [0.2, 0.25) is 5.02 Å². The first kappa shape index (κ1) is 15.7. The summed E-state index contributed by atoms with van der Waals surface area (Å²) >= 11 is 7.52. The number of amides is 1. The Kier molecular flexibility index (Phi) is 4.45. The molecule has 7 heteroatoms. The molecule has 2 heterocycles. The molecule has 0 aliphatic carbocycles. The number of carbonyl (C=O) groups excluding carboxylic acids is 1. The van der Waals surface area contributed by atoms with E-state index in [9.17, 15) is 9.59 Å². The van der Waals surface area contributed by atoms with E-state index in [2.05, 4.69) is 4.98 Å². The molecular formula is C16H14ClN3O2S. The van der Waals surface area contributed by atoms with Gasteiger partial charge in [0, 0.05) is 18.6 Å². The summed E-state index contributed by atoms with van der Waals surface area (Å²) in [6.07, 6.45) is 1.40. The van der Waals surface area contributed by atoms with Crippen LogP contribution >= 0.6 is 22.9 Å². The number of hydrogen-bond donors (Lipinski definition) is 0. The highest BCUT2D eigenvalue weighted by molar-refractivity contribution is 7.07. The van der Waals surface area contributed by atoms with E-state index in [-0.39, 0.29) is 18.0 Å². The van der Waals surface area contributed by atoms with Gasteiger partial charge in [0.2, 0.25) is 5.91 Å². The molecule has 0 aliphatic heterocycles. The zero-order valence-corrected chi connectivity index (χ0v) is 14.0. The fourth-order valence-corrected chi connectivity index (χ4v) is 3.09. The predicted octanol–water partition coefficient (Wildman–Crippen LogP) is 2.77. The Balaban J connectivity index is 1.82. The lowest BCUT2D eigenvalue weighted by Gasteiger charge is -2.17. The largest absolute Gasteiger partial charge is 0.340 e. The van der Waals surface area contributed by atoms with Crippen molar-refractivity contribution < 1.29 is 4.79 Å². The summed E-state index contributed by atoms with van der Waals surface area (Å²) in [4.78, 5) is 30.6. The average molecular weight is 348 g/mol. The second-order valence-corrected chi connectivity index (χ2v) is 6.44. The molecule has 0 radical (unpaired) electrons. The topological polar surface area (TPSA) is 55.2 Å². The highest BCUT2D eigenvalue weighted by atomic mass is 35.5. The lowest BCUT2D eigenvalue weighted by atomic mass is 10.2. The number of nitrogens with zero attached hydrogens (tertiary/aromatic N) is 3. The Morgan fingerprint density at radius 3 is 2.96 bits per heavy atom. The number of hydrogen-bond acceptors (Lipinski definition) is 4. The summed E-state index contributed by atoms with van der Waals surface area (Å²) < 4.78 is 1.31. The van der Waals surface area contributed by atoms with Gasteiger partial charge in [0.25, 0.3) is 5.56 Å². The first-order chi connectivity index (χ1) is 11.0. The SMILES string of the molecule is CN(Cc1ccsc1)C(=O)Cn1cnc2ccc(Cl)cc2c1=O. The van der Waals surface area contributed by atoms with Crippen LogP contribution in [0.15, 0.2) is 46.1 Å². The highest BCUT2D eigenvalue weighted by Crippen LogP contribution is 2.14.